The minimum atomic E-state index is 0.681. The number of aromatic nitrogens is 5. The molecule has 2 heterocycles. The van der Waals surface area contributed by atoms with Crippen LogP contribution < -0.4 is 20.5 Å². The van der Waals surface area contributed by atoms with Gasteiger partial charge in [0.1, 0.15) is 24.8 Å². The second-order valence-corrected chi connectivity index (χ2v) is 7.20. The van der Waals surface area contributed by atoms with E-state index in [1.165, 1.54) is 6.33 Å². The van der Waals surface area contributed by atoms with Gasteiger partial charge >= 0.3 is 0 Å². The van der Waals surface area contributed by atoms with Crippen LogP contribution in [0, 0.1) is 5.41 Å². The lowest BCUT2D eigenvalue weighted by atomic mass is 10.0. The average molecular weight is 469 g/mol. The predicted octanol–water partition coefficient (Wildman–Crippen LogP) is 4.19. The number of ether oxygens (including phenoxy) is 2. The first kappa shape index (κ1) is 23.2. The Kier molecular flexibility index (Phi) is 7.12. The molecule has 0 spiro atoms. The van der Waals surface area contributed by atoms with Crippen LogP contribution >= 0.6 is 0 Å². The molecule has 0 bridgehead atoms. The van der Waals surface area contributed by atoms with Crippen LogP contribution in [0.25, 0.3) is 27.7 Å². The summed E-state index contributed by atoms with van der Waals surface area (Å²) < 4.78 is 12.5. The highest BCUT2D eigenvalue weighted by Gasteiger charge is 2.10. The number of hydrogen-bond donors (Lipinski definition) is 3. The van der Waals surface area contributed by atoms with E-state index in [-0.39, 0.29) is 0 Å². The molecule has 0 amide bonds. The van der Waals surface area contributed by atoms with E-state index in [0.717, 1.165) is 45.6 Å². The molecule has 0 unspecified atom stereocenters. The molecule has 0 radical (unpaired) electrons. The average Bonchev–Trinajstić information content (AvgIpc) is 3.44. The van der Waals surface area contributed by atoms with Crippen molar-refractivity contribution in [3.8, 4) is 28.3 Å². The number of benzene rings is 3. The van der Waals surface area contributed by atoms with Crippen LogP contribution in [-0.2, 0) is 0 Å². The summed E-state index contributed by atoms with van der Waals surface area (Å²) in [7, 11) is 3.26. The zero-order valence-electron chi connectivity index (χ0n) is 19.2. The topological polar surface area (TPSA) is 137 Å². The molecule has 0 atom stereocenters. The van der Waals surface area contributed by atoms with Gasteiger partial charge in [0.05, 0.1) is 31.8 Å². The van der Waals surface area contributed by atoms with Crippen molar-refractivity contribution in [3.05, 3.63) is 79.6 Å². The van der Waals surface area contributed by atoms with Crippen molar-refractivity contribution in [1.82, 2.24) is 24.7 Å². The first-order chi connectivity index (χ1) is 17.2. The van der Waals surface area contributed by atoms with Crippen LogP contribution in [0.1, 0.15) is 0 Å². The van der Waals surface area contributed by atoms with E-state index < -0.39 is 0 Å². The van der Waals surface area contributed by atoms with Crippen LogP contribution in [-0.4, -0.2) is 45.3 Å². The van der Waals surface area contributed by atoms with E-state index in [1.54, 1.807) is 31.6 Å². The zero-order chi connectivity index (χ0) is 24.6. The molecule has 0 saturated carbocycles. The number of anilines is 2. The lowest BCUT2D eigenvalue weighted by Gasteiger charge is -2.12. The third-order valence-electron chi connectivity index (χ3n) is 5.17. The first-order valence-electron chi connectivity index (χ1n) is 10.6. The van der Waals surface area contributed by atoms with Gasteiger partial charge in [-0.2, -0.15) is 5.10 Å². The zero-order valence-corrected chi connectivity index (χ0v) is 19.2. The molecule has 5 aromatic rings. The lowest BCUT2D eigenvalue weighted by Crippen LogP contribution is -1.98. The second-order valence-electron chi connectivity index (χ2n) is 7.20. The summed E-state index contributed by atoms with van der Waals surface area (Å²) in [6.07, 6.45) is 5.48. The highest BCUT2D eigenvalue weighted by molar-refractivity contribution is 5.94. The molecule has 4 N–H and O–H groups in total. The maximum Gasteiger partial charge on any atom is 0.161 e. The van der Waals surface area contributed by atoms with E-state index in [2.05, 4.69) is 37.2 Å². The number of nitrogens with one attached hydrogen (secondary N) is 2. The summed E-state index contributed by atoms with van der Waals surface area (Å²) in [5.74, 6) is 2.10. The van der Waals surface area contributed by atoms with Crippen molar-refractivity contribution in [2.75, 3.05) is 19.5 Å². The lowest BCUT2D eigenvalue weighted by molar-refractivity contribution is 0.355. The van der Waals surface area contributed by atoms with Crippen LogP contribution in [0.15, 0.2) is 79.6 Å². The molecule has 0 aliphatic rings. The predicted molar refractivity (Wildman–Crippen MR) is 136 cm³/mol. The summed E-state index contributed by atoms with van der Waals surface area (Å²) in [6.45, 7) is 0. The molecular weight excluding hydrogens is 444 g/mol. The molecule has 10 nitrogen and oxygen atoms in total. The van der Waals surface area contributed by atoms with Gasteiger partial charge < -0.3 is 20.5 Å². The van der Waals surface area contributed by atoms with Gasteiger partial charge in [-0.3, -0.25) is 5.41 Å². The summed E-state index contributed by atoms with van der Waals surface area (Å²) in [4.78, 5) is 12.9. The van der Waals surface area contributed by atoms with Gasteiger partial charge in [-0.1, -0.05) is 12.1 Å². The van der Waals surface area contributed by atoms with E-state index in [0.29, 0.717) is 11.5 Å². The number of nitrogens with zero attached hydrogens (tertiary/aromatic N) is 5. The van der Waals surface area contributed by atoms with Gasteiger partial charge in [-0.25, -0.2) is 19.6 Å². The Morgan fingerprint density at radius 1 is 0.886 bits per heavy atom. The van der Waals surface area contributed by atoms with Gasteiger partial charge in [0.25, 0.3) is 0 Å². The smallest absolute Gasteiger partial charge is 0.161 e. The molecule has 3 aromatic carbocycles. The molecule has 10 heteroatoms. The molecule has 0 fully saturated rings. The quantitative estimate of drug-likeness (QED) is 0.249. The van der Waals surface area contributed by atoms with Crippen molar-refractivity contribution in [3.63, 3.8) is 0 Å². The number of fused-ring (bicyclic) bond motifs is 1. The Balaban J connectivity index is 0.000000917. The van der Waals surface area contributed by atoms with Crippen molar-refractivity contribution < 1.29 is 9.47 Å². The Bertz CT molecular complexity index is 1420. The molecule has 0 saturated heterocycles. The van der Waals surface area contributed by atoms with E-state index in [9.17, 15) is 0 Å². The van der Waals surface area contributed by atoms with Crippen molar-refractivity contribution in [2.24, 2.45) is 5.73 Å². The van der Waals surface area contributed by atoms with Gasteiger partial charge in [-0.05, 0) is 59.7 Å². The molecule has 176 valence electrons. The number of methoxy groups -OCH3 is 2. The Morgan fingerprint density at radius 3 is 2.29 bits per heavy atom. The SMILES string of the molecule is COc1ccc(-c2ccc3ncnc(Nc4ccc(-n5cncn5)cc4)c3c2)cc1OC.N=CN. The highest BCUT2D eigenvalue weighted by atomic mass is 16.5. The fourth-order valence-electron chi connectivity index (χ4n) is 3.53. The van der Waals surface area contributed by atoms with E-state index in [1.807, 2.05) is 54.6 Å². The molecule has 0 aliphatic heterocycles. The van der Waals surface area contributed by atoms with Gasteiger partial charge in [-0.15, -0.1) is 0 Å². The molecule has 5 rings (SSSR count). The normalized spacial score (nSPS) is 10.2. The van der Waals surface area contributed by atoms with Crippen molar-refractivity contribution in [1.29, 1.82) is 5.41 Å². The third-order valence-corrected chi connectivity index (χ3v) is 5.17. The monoisotopic (exact) mass is 468 g/mol. The summed E-state index contributed by atoms with van der Waals surface area (Å²) in [5, 5.41) is 14.3. The highest BCUT2D eigenvalue weighted by Crippen LogP contribution is 2.34. The Morgan fingerprint density at radius 2 is 1.60 bits per heavy atom. The number of nitrogens with two attached hydrogens (primary N) is 1. The second kappa shape index (κ2) is 10.8. The van der Waals surface area contributed by atoms with Gasteiger partial charge in [0.2, 0.25) is 0 Å². The largest absolute Gasteiger partial charge is 0.493 e. The summed E-state index contributed by atoms with van der Waals surface area (Å²) in [5.41, 5.74) is 9.11. The summed E-state index contributed by atoms with van der Waals surface area (Å²) in [6, 6.07) is 19.8. The van der Waals surface area contributed by atoms with Crippen molar-refractivity contribution in [2.45, 2.75) is 0 Å². The number of rotatable bonds is 6. The Hall–Kier alpha value is -4.99. The third kappa shape index (κ3) is 5.17. The van der Waals surface area contributed by atoms with Gasteiger partial charge in [0.15, 0.2) is 11.5 Å². The number of hydrogen-bond acceptors (Lipinski definition) is 8. The van der Waals surface area contributed by atoms with Crippen LogP contribution in [0.5, 0.6) is 11.5 Å². The standard InChI is InChI=1S/C24H20N6O2.CH4N2/c1-31-22-10-4-17(12-23(22)32-2)16-3-9-21-20(11-16)24(27-14-26-21)29-18-5-7-19(8-6-18)30-15-25-13-28-30;2-1-3/h3-15H,1-2H3,(H,26,27,29);1H,(H3,2,3). The van der Waals surface area contributed by atoms with Crippen LogP contribution in [0.3, 0.4) is 0 Å². The molecule has 35 heavy (non-hydrogen) atoms. The molecular formula is C25H24N8O2. The van der Waals surface area contributed by atoms with Crippen molar-refractivity contribution >= 4 is 28.7 Å². The molecule has 0 aliphatic carbocycles. The van der Waals surface area contributed by atoms with Gasteiger partial charge in [0, 0.05) is 11.1 Å². The van der Waals surface area contributed by atoms with Crippen LogP contribution in [0.2, 0.25) is 0 Å². The molecule has 2 aromatic heterocycles. The van der Waals surface area contributed by atoms with E-state index in [4.69, 9.17) is 14.9 Å². The first-order valence-corrected chi connectivity index (χ1v) is 10.6. The van der Waals surface area contributed by atoms with Crippen LogP contribution in [0.4, 0.5) is 11.5 Å². The maximum absolute atomic E-state index is 5.86. The maximum atomic E-state index is 5.86. The summed E-state index contributed by atoms with van der Waals surface area (Å²) >= 11 is 0. The minimum Gasteiger partial charge on any atom is -0.493 e. The fourth-order valence-corrected chi connectivity index (χ4v) is 3.53. The fraction of sp³-hybridized carbons (Fsp3) is 0.0800. The minimum absolute atomic E-state index is 0.681. The van der Waals surface area contributed by atoms with E-state index >= 15 is 0 Å². The Labute approximate surface area is 201 Å².